The second-order valence-electron chi connectivity index (χ2n) is 10.9. The van der Waals surface area contributed by atoms with Crippen LogP contribution in [0, 0.1) is 10.8 Å². The molecule has 3 aromatic rings. The van der Waals surface area contributed by atoms with E-state index < -0.39 is 0 Å². The molecule has 0 spiro atoms. The van der Waals surface area contributed by atoms with E-state index in [1.807, 2.05) is 0 Å². The van der Waals surface area contributed by atoms with Crippen LogP contribution in [0.2, 0.25) is 5.02 Å². The lowest BCUT2D eigenvalue weighted by molar-refractivity contribution is 0.0125. The summed E-state index contributed by atoms with van der Waals surface area (Å²) in [7, 11) is 0. The molecule has 3 unspecified atom stereocenters. The molecule has 0 amide bonds. The Morgan fingerprint density at radius 3 is 2.53 bits per heavy atom. The van der Waals surface area contributed by atoms with E-state index in [4.69, 9.17) is 21.3 Å². The predicted octanol–water partition coefficient (Wildman–Crippen LogP) is 4.86. The molecular formula is C26H32ClN5O2. The first-order valence-electron chi connectivity index (χ1n) is 12.2. The van der Waals surface area contributed by atoms with Crippen molar-refractivity contribution in [3.63, 3.8) is 0 Å². The van der Waals surface area contributed by atoms with Crippen molar-refractivity contribution < 1.29 is 9.84 Å². The summed E-state index contributed by atoms with van der Waals surface area (Å²) in [6.07, 6.45) is 4.03. The Balaban J connectivity index is 1.34. The lowest BCUT2D eigenvalue weighted by Crippen LogP contribution is -2.46. The van der Waals surface area contributed by atoms with Gasteiger partial charge in [0.1, 0.15) is 11.3 Å². The quantitative estimate of drug-likeness (QED) is 0.493. The number of hydrogen-bond donors (Lipinski definition) is 3. The van der Waals surface area contributed by atoms with Crippen molar-refractivity contribution in [1.82, 2.24) is 15.0 Å². The van der Waals surface area contributed by atoms with E-state index in [0.29, 0.717) is 17.1 Å². The number of ether oxygens (including phenoxy) is 1. The Morgan fingerprint density at radius 1 is 1.15 bits per heavy atom. The fourth-order valence-electron chi connectivity index (χ4n) is 6.49. The summed E-state index contributed by atoms with van der Waals surface area (Å²) in [5.74, 6) is 0.765. The van der Waals surface area contributed by atoms with Crippen molar-refractivity contribution in [3.8, 4) is 11.4 Å². The summed E-state index contributed by atoms with van der Waals surface area (Å²) in [4.78, 5) is 15.1. The molecule has 34 heavy (non-hydrogen) atoms. The zero-order valence-corrected chi connectivity index (χ0v) is 20.7. The van der Waals surface area contributed by atoms with Crippen LogP contribution < -0.4 is 10.2 Å². The first kappa shape index (κ1) is 22.1. The lowest BCUT2D eigenvalue weighted by Gasteiger charge is -2.42. The summed E-state index contributed by atoms with van der Waals surface area (Å²) in [6.45, 7) is 10.1. The minimum Gasteiger partial charge on any atom is -0.392 e. The molecule has 180 valence electrons. The topological polar surface area (TPSA) is 86.3 Å². The normalized spacial score (nSPS) is 30.3. The van der Waals surface area contributed by atoms with E-state index in [1.54, 1.807) is 6.20 Å². The van der Waals surface area contributed by atoms with Crippen molar-refractivity contribution in [3.05, 3.63) is 35.5 Å². The number of aromatic amines is 1. The van der Waals surface area contributed by atoms with Crippen molar-refractivity contribution >= 4 is 34.1 Å². The Bertz CT molecular complexity index is 1240. The van der Waals surface area contributed by atoms with Crippen molar-refractivity contribution in [2.24, 2.45) is 10.8 Å². The van der Waals surface area contributed by atoms with Gasteiger partial charge in [-0.05, 0) is 48.9 Å². The van der Waals surface area contributed by atoms with Crippen LogP contribution in [0.15, 0.2) is 30.5 Å². The third-order valence-corrected chi connectivity index (χ3v) is 9.61. The van der Waals surface area contributed by atoms with E-state index in [1.165, 1.54) is 5.69 Å². The molecule has 2 aromatic heterocycles. The summed E-state index contributed by atoms with van der Waals surface area (Å²) >= 11 is 6.69. The molecule has 3 heterocycles. The first-order valence-corrected chi connectivity index (χ1v) is 12.6. The monoisotopic (exact) mass is 481 g/mol. The molecule has 2 saturated carbocycles. The summed E-state index contributed by atoms with van der Waals surface area (Å²) in [6, 6.07) is 8.45. The molecule has 3 aliphatic rings. The van der Waals surface area contributed by atoms with Gasteiger partial charge in [0.05, 0.1) is 36.2 Å². The predicted molar refractivity (Wildman–Crippen MR) is 135 cm³/mol. The van der Waals surface area contributed by atoms with Gasteiger partial charge in [-0.1, -0.05) is 32.4 Å². The molecule has 6 rings (SSSR count). The van der Waals surface area contributed by atoms with Gasteiger partial charge in [0, 0.05) is 35.3 Å². The fraction of sp³-hybridized carbons (Fsp3) is 0.538. The Labute approximate surface area is 204 Å². The van der Waals surface area contributed by atoms with Crippen molar-refractivity contribution in [2.45, 2.75) is 51.7 Å². The van der Waals surface area contributed by atoms with Crippen LogP contribution in [0.5, 0.6) is 0 Å². The van der Waals surface area contributed by atoms with Crippen LogP contribution in [0.1, 0.15) is 40.0 Å². The molecule has 0 radical (unpaired) electrons. The number of halogens is 1. The van der Waals surface area contributed by atoms with Crippen LogP contribution in [0.25, 0.3) is 22.6 Å². The number of nitrogens with one attached hydrogen (secondary N) is 2. The van der Waals surface area contributed by atoms with Crippen molar-refractivity contribution in [1.29, 1.82) is 0 Å². The second kappa shape index (κ2) is 7.57. The molecule has 1 saturated heterocycles. The van der Waals surface area contributed by atoms with Gasteiger partial charge in [0.25, 0.3) is 0 Å². The van der Waals surface area contributed by atoms with Crippen LogP contribution >= 0.6 is 11.6 Å². The number of pyridine rings is 1. The van der Waals surface area contributed by atoms with E-state index in [9.17, 15) is 5.11 Å². The minimum atomic E-state index is -0.331. The number of aromatic nitrogens is 3. The summed E-state index contributed by atoms with van der Waals surface area (Å²) < 4.78 is 5.46. The molecule has 8 heteroatoms. The maximum absolute atomic E-state index is 10.9. The lowest BCUT2D eigenvalue weighted by atomic mass is 9.68. The number of fused-ring (bicyclic) bond motifs is 3. The number of benzene rings is 1. The smallest absolute Gasteiger partial charge is 0.180 e. The highest BCUT2D eigenvalue weighted by Gasteiger charge is 2.69. The number of H-pyrrole nitrogens is 1. The van der Waals surface area contributed by atoms with E-state index in [0.717, 1.165) is 61.7 Å². The minimum absolute atomic E-state index is 0.0868. The summed E-state index contributed by atoms with van der Waals surface area (Å²) in [5, 5.41) is 15.3. The molecule has 3 fully saturated rings. The van der Waals surface area contributed by atoms with E-state index in [2.05, 4.69) is 65.2 Å². The van der Waals surface area contributed by atoms with Gasteiger partial charge in [0.2, 0.25) is 0 Å². The fourth-order valence-corrected chi connectivity index (χ4v) is 6.68. The Kier molecular flexibility index (Phi) is 4.93. The van der Waals surface area contributed by atoms with Gasteiger partial charge in [-0.25, -0.2) is 9.97 Å². The zero-order valence-electron chi connectivity index (χ0n) is 20.0. The first-order chi connectivity index (χ1) is 16.2. The number of hydrogen-bond acceptors (Lipinski definition) is 6. The van der Waals surface area contributed by atoms with Crippen LogP contribution in [0.3, 0.4) is 0 Å². The molecule has 3 atom stereocenters. The molecule has 2 bridgehead atoms. The average molecular weight is 482 g/mol. The van der Waals surface area contributed by atoms with Gasteiger partial charge in [-0.3, -0.25) is 0 Å². The van der Waals surface area contributed by atoms with E-state index >= 15 is 0 Å². The Morgan fingerprint density at radius 2 is 1.88 bits per heavy atom. The maximum Gasteiger partial charge on any atom is 0.180 e. The Hall–Kier alpha value is -2.35. The number of aliphatic hydroxyl groups excluding tert-OH is 1. The van der Waals surface area contributed by atoms with Crippen LogP contribution in [0.4, 0.5) is 11.4 Å². The molecule has 7 nitrogen and oxygen atoms in total. The number of aliphatic hydroxyl groups is 1. The highest BCUT2D eigenvalue weighted by atomic mass is 35.5. The highest BCUT2D eigenvalue weighted by molar-refractivity contribution is 6.34. The number of anilines is 2. The van der Waals surface area contributed by atoms with Gasteiger partial charge in [-0.2, -0.15) is 0 Å². The van der Waals surface area contributed by atoms with E-state index in [-0.39, 0.29) is 22.5 Å². The molecule has 3 N–H and O–H groups in total. The SMILES string of the molecule is CC12CCC(Nc3c(Cl)cnc4nc(-c5ccc(N6CCOCC6)cc5)[nH]c34)(CC1O)C2(C)C. The van der Waals surface area contributed by atoms with Gasteiger partial charge in [-0.15, -0.1) is 0 Å². The molecule has 1 aromatic carbocycles. The number of nitrogens with zero attached hydrogens (tertiary/aromatic N) is 3. The zero-order chi connectivity index (χ0) is 23.7. The molecular weight excluding hydrogens is 450 g/mol. The number of rotatable bonds is 4. The van der Waals surface area contributed by atoms with Gasteiger partial charge >= 0.3 is 0 Å². The van der Waals surface area contributed by atoms with Crippen LogP contribution in [-0.2, 0) is 4.74 Å². The molecule has 1 aliphatic heterocycles. The van der Waals surface area contributed by atoms with Gasteiger partial charge in [0.15, 0.2) is 5.65 Å². The summed E-state index contributed by atoms with van der Waals surface area (Å²) in [5.41, 5.74) is 4.02. The number of morpholine rings is 1. The van der Waals surface area contributed by atoms with Crippen molar-refractivity contribution in [2.75, 3.05) is 36.5 Å². The maximum atomic E-state index is 10.9. The van der Waals surface area contributed by atoms with Gasteiger partial charge < -0.3 is 25.0 Å². The average Bonchev–Trinajstić information content (AvgIpc) is 3.40. The number of imidazole rings is 1. The standard InChI is InChI=1S/C26H32ClN5O2/c1-24(2)25(3)8-9-26(24,14-19(25)33)31-20-18(27)15-28-23-21(20)29-22(30-23)16-4-6-17(7-5-16)32-10-12-34-13-11-32/h4-7,15,19,33H,8-14H2,1-3H3,(H2,28,29,30,31). The third kappa shape index (κ3) is 3.03. The molecule has 2 aliphatic carbocycles. The largest absolute Gasteiger partial charge is 0.392 e. The third-order valence-electron chi connectivity index (χ3n) is 9.33. The second-order valence-corrected chi connectivity index (χ2v) is 11.3. The van der Waals surface area contributed by atoms with Crippen LogP contribution in [-0.4, -0.2) is 58.0 Å². The highest BCUT2D eigenvalue weighted by Crippen LogP contribution is 2.68.